The van der Waals surface area contributed by atoms with Gasteiger partial charge in [0.25, 0.3) is 0 Å². The molecule has 132 valence electrons. The lowest BCUT2D eigenvalue weighted by atomic mass is 9.63. The molecule has 2 saturated heterocycles. The van der Waals surface area contributed by atoms with Gasteiger partial charge in [0.05, 0.1) is 19.9 Å². The van der Waals surface area contributed by atoms with E-state index in [0.717, 1.165) is 37.6 Å². The van der Waals surface area contributed by atoms with E-state index in [2.05, 4.69) is 40.8 Å². The minimum atomic E-state index is 0.142. The molecule has 2 heterocycles. The second-order valence-corrected chi connectivity index (χ2v) is 7.61. The molecule has 24 heavy (non-hydrogen) atoms. The first-order valence-corrected chi connectivity index (χ1v) is 9.05. The molecule has 0 radical (unpaired) electrons. The summed E-state index contributed by atoms with van der Waals surface area (Å²) in [6.45, 7) is 3.33. The first-order chi connectivity index (χ1) is 11.6. The molecular weight excluding hydrogens is 302 g/mol. The van der Waals surface area contributed by atoms with Crippen LogP contribution in [-0.4, -0.2) is 57.5 Å². The van der Waals surface area contributed by atoms with E-state index in [9.17, 15) is 0 Å². The topological polar surface area (TPSA) is 45.8 Å². The van der Waals surface area contributed by atoms with E-state index in [1.165, 1.54) is 24.8 Å². The smallest absolute Gasteiger partial charge is 0.161 e. The van der Waals surface area contributed by atoms with Crippen molar-refractivity contribution in [2.24, 2.45) is 0 Å². The molecule has 1 aromatic rings. The van der Waals surface area contributed by atoms with Crippen molar-refractivity contribution < 1.29 is 9.47 Å². The number of hydrogen-bond acceptors (Lipinski definition) is 5. The highest BCUT2D eigenvalue weighted by Crippen LogP contribution is 2.51. The van der Waals surface area contributed by atoms with E-state index < -0.39 is 0 Å². The largest absolute Gasteiger partial charge is 0.493 e. The third-order valence-corrected chi connectivity index (χ3v) is 6.63. The highest BCUT2D eigenvalue weighted by Gasteiger charge is 2.55. The van der Waals surface area contributed by atoms with Crippen LogP contribution in [0.1, 0.15) is 31.2 Å². The van der Waals surface area contributed by atoms with Gasteiger partial charge < -0.3 is 14.4 Å². The molecule has 2 atom stereocenters. The third-order valence-electron chi connectivity index (χ3n) is 6.63. The Kier molecular flexibility index (Phi) is 3.98. The fraction of sp³-hybridized carbons (Fsp3) is 0.684. The quantitative estimate of drug-likeness (QED) is 0.883. The van der Waals surface area contributed by atoms with Crippen LogP contribution in [0.15, 0.2) is 18.2 Å². The van der Waals surface area contributed by atoms with Crippen LogP contribution in [0, 0.1) is 0 Å². The third kappa shape index (κ3) is 2.33. The zero-order chi connectivity index (χ0) is 16.8. The molecule has 2 N–H and O–H groups in total. The van der Waals surface area contributed by atoms with Crippen LogP contribution in [-0.2, 0) is 5.41 Å². The highest BCUT2D eigenvalue weighted by atomic mass is 16.5. The Balaban J connectivity index is 1.70. The van der Waals surface area contributed by atoms with Crippen LogP contribution < -0.4 is 20.1 Å². The predicted octanol–water partition coefficient (Wildman–Crippen LogP) is 1.72. The summed E-state index contributed by atoms with van der Waals surface area (Å²) in [5, 5.41) is 7.46. The number of methoxy groups -OCH3 is 2. The lowest BCUT2D eigenvalue weighted by Crippen LogP contribution is -2.60. The fourth-order valence-corrected chi connectivity index (χ4v) is 5.25. The van der Waals surface area contributed by atoms with E-state index in [1.54, 1.807) is 14.2 Å². The molecule has 3 fully saturated rings. The summed E-state index contributed by atoms with van der Waals surface area (Å²) in [5.74, 6) is 1.65. The molecule has 4 rings (SSSR count). The summed E-state index contributed by atoms with van der Waals surface area (Å²) in [5.41, 5.74) is 1.77. The van der Waals surface area contributed by atoms with Crippen LogP contribution in [0.3, 0.4) is 0 Å². The van der Waals surface area contributed by atoms with Gasteiger partial charge in [-0.2, -0.15) is 0 Å². The molecular formula is C19H29N3O2. The van der Waals surface area contributed by atoms with Gasteiger partial charge in [-0.05, 0) is 57.0 Å². The highest BCUT2D eigenvalue weighted by molar-refractivity contribution is 5.46. The first-order valence-electron chi connectivity index (χ1n) is 9.05. The van der Waals surface area contributed by atoms with Crippen molar-refractivity contribution in [3.63, 3.8) is 0 Å². The number of rotatable bonds is 3. The number of nitrogens with zero attached hydrogens (tertiary/aromatic N) is 1. The monoisotopic (exact) mass is 331 g/mol. The summed E-state index contributed by atoms with van der Waals surface area (Å²) in [6.07, 6.45) is 4.78. The summed E-state index contributed by atoms with van der Waals surface area (Å²) in [6, 6.07) is 7.08. The fourth-order valence-electron chi connectivity index (χ4n) is 5.25. The Hall–Kier alpha value is -1.30. The summed E-state index contributed by atoms with van der Waals surface area (Å²) in [7, 11) is 5.70. The van der Waals surface area contributed by atoms with Gasteiger partial charge in [0.1, 0.15) is 0 Å². The maximum atomic E-state index is 5.57. The average molecular weight is 331 g/mol. The summed E-state index contributed by atoms with van der Waals surface area (Å²) < 4.78 is 11.0. The summed E-state index contributed by atoms with van der Waals surface area (Å²) >= 11 is 0. The van der Waals surface area contributed by atoms with Gasteiger partial charge in [-0.3, -0.25) is 10.6 Å². The maximum absolute atomic E-state index is 5.57. The van der Waals surface area contributed by atoms with Crippen molar-refractivity contribution >= 4 is 0 Å². The van der Waals surface area contributed by atoms with Gasteiger partial charge in [-0.25, -0.2) is 0 Å². The molecule has 0 unspecified atom stereocenters. The number of ether oxygens (including phenoxy) is 2. The molecule has 0 bridgehead atoms. The number of likely N-dealkylation sites (tertiary alicyclic amines) is 1. The molecule has 1 spiro atoms. The van der Waals surface area contributed by atoms with Gasteiger partial charge in [0.15, 0.2) is 11.5 Å². The van der Waals surface area contributed by atoms with Crippen molar-refractivity contribution in [2.75, 3.05) is 40.9 Å². The van der Waals surface area contributed by atoms with E-state index in [0.29, 0.717) is 6.04 Å². The lowest BCUT2D eigenvalue weighted by Gasteiger charge is -2.49. The van der Waals surface area contributed by atoms with Crippen LogP contribution >= 0.6 is 0 Å². The molecule has 1 saturated carbocycles. The van der Waals surface area contributed by atoms with Crippen molar-refractivity contribution in [3.05, 3.63) is 23.8 Å². The maximum Gasteiger partial charge on any atom is 0.161 e. The Bertz CT molecular complexity index is 615. The average Bonchev–Trinajstić information content (AvgIpc) is 3.21. The molecule has 5 nitrogen and oxygen atoms in total. The first kappa shape index (κ1) is 16.2. The van der Waals surface area contributed by atoms with Gasteiger partial charge in [-0.1, -0.05) is 6.07 Å². The van der Waals surface area contributed by atoms with E-state index >= 15 is 0 Å². The number of fused-ring (bicyclic) bond motifs is 1. The molecule has 1 aliphatic carbocycles. The van der Waals surface area contributed by atoms with E-state index in [1.807, 2.05) is 0 Å². The van der Waals surface area contributed by atoms with Crippen LogP contribution in [0.4, 0.5) is 0 Å². The lowest BCUT2D eigenvalue weighted by molar-refractivity contribution is 0.0969. The molecule has 3 aliphatic rings. The number of nitrogens with one attached hydrogen (secondary N) is 2. The minimum absolute atomic E-state index is 0.142. The Morgan fingerprint density at radius 3 is 2.50 bits per heavy atom. The number of hydrogen-bond donors (Lipinski definition) is 2. The molecule has 5 heteroatoms. The molecule has 0 amide bonds. The van der Waals surface area contributed by atoms with Gasteiger partial charge in [0, 0.05) is 24.5 Å². The Labute approximate surface area is 144 Å². The normalized spacial score (nSPS) is 32.0. The second kappa shape index (κ2) is 5.90. The number of likely N-dealkylation sites (N-methyl/N-ethyl adjacent to an activating group) is 1. The summed E-state index contributed by atoms with van der Waals surface area (Å²) in [4.78, 5) is 2.55. The van der Waals surface area contributed by atoms with Gasteiger partial charge in [0.2, 0.25) is 0 Å². The van der Waals surface area contributed by atoms with Crippen molar-refractivity contribution in [2.45, 2.75) is 42.8 Å². The van der Waals surface area contributed by atoms with Gasteiger partial charge >= 0.3 is 0 Å². The van der Waals surface area contributed by atoms with Crippen molar-refractivity contribution in [1.29, 1.82) is 0 Å². The zero-order valence-electron chi connectivity index (χ0n) is 15.0. The van der Waals surface area contributed by atoms with E-state index in [4.69, 9.17) is 9.47 Å². The predicted molar refractivity (Wildman–Crippen MR) is 94.8 cm³/mol. The van der Waals surface area contributed by atoms with Crippen molar-refractivity contribution in [3.8, 4) is 11.5 Å². The number of benzene rings is 1. The minimum Gasteiger partial charge on any atom is -0.493 e. The Morgan fingerprint density at radius 2 is 1.79 bits per heavy atom. The van der Waals surface area contributed by atoms with E-state index in [-0.39, 0.29) is 11.1 Å². The second-order valence-electron chi connectivity index (χ2n) is 7.61. The Morgan fingerprint density at radius 1 is 1.04 bits per heavy atom. The molecule has 0 aromatic heterocycles. The molecule has 1 aromatic carbocycles. The van der Waals surface area contributed by atoms with Gasteiger partial charge in [-0.15, -0.1) is 0 Å². The molecule has 2 aliphatic heterocycles. The van der Waals surface area contributed by atoms with Crippen LogP contribution in [0.25, 0.3) is 0 Å². The van der Waals surface area contributed by atoms with Crippen LogP contribution in [0.2, 0.25) is 0 Å². The zero-order valence-corrected chi connectivity index (χ0v) is 15.0. The van der Waals surface area contributed by atoms with Crippen molar-refractivity contribution in [1.82, 2.24) is 15.5 Å². The standard InChI is InChI=1S/C19H29N3O2/c1-22-11-8-18(14-4-5-15(23-2)16(12-14)24-3)6-7-19(13-17(18)22)20-9-10-21-19/h4-5,12,17,20-21H,6-11,13H2,1-3H3/t17-,18-/m0/s1. The van der Waals surface area contributed by atoms with Crippen LogP contribution in [0.5, 0.6) is 11.5 Å². The SMILES string of the molecule is COc1ccc([C@]23CCN(C)[C@H]2CC2(CC3)NCCN2)cc1OC.